The summed E-state index contributed by atoms with van der Waals surface area (Å²) in [4.78, 5) is 0. The number of aromatic nitrogens is 4. The Kier molecular flexibility index (Phi) is 5.73. The van der Waals surface area contributed by atoms with Crippen LogP contribution in [0.2, 0.25) is 0 Å². The van der Waals surface area contributed by atoms with E-state index in [4.69, 9.17) is 0 Å². The molecule has 0 saturated heterocycles. The molecule has 0 amide bonds. The van der Waals surface area contributed by atoms with Gasteiger partial charge in [-0.2, -0.15) is 5.21 Å². The van der Waals surface area contributed by atoms with Crippen molar-refractivity contribution in [3.05, 3.63) is 37.3 Å². The Morgan fingerprint density at radius 3 is 2.50 bits per heavy atom. The summed E-state index contributed by atoms with van der Waals surface area (Å²) in [5, 5.41) is 13.7. The van der Waals surface area contributed by atoms with E-state index in [2.05, 4.69) is 20.6 Å². The maximum absolute atomic E-state index is 3.90. The molecule has 0 atom stereocenters. The number of nitrogens with zero attached hydrogens (tertiary/aromatic N) is 3. The smallest absolute Gasteiger partial charge is 0.204 e. The molecule has 0 aliphatic rings. The van der Waals surface area contributed by atoms with Crippen LogP contribution in [-0.4, -0.2) is 20.6 Å². The van der Waals surface area contributed by atoms with Crippen LogP contribution in [0.1, 0.15) is 5.56 Å². The van der Waals surface area contributed by atoms with Gasteiger partial charge < -0.3 is 7.43 Å². The molecule has 14 heavy (non-hydrogen) atoms. The molecule has 0 aliphatic heterocycles. The Balaban J connectivity index is 0.000000845. The third-order valence-corrected chi connectivity index (χ3v) is 1.73. The van der Waals surface area contributed by atoms with Gasteiger partial charge in [0.25, 0.3) is 0 Å². The normalized spacial score (nSPS) is 8.64. The summed E-state index contributed by atoms with van der Waals surface area (Å²) in [5.41, 5.74) is 2.17. The molecule has 1 aromatic heterocycles. The first-order valence-corrected chi connectivity index (χ1v) is 3.67. The minimum Gasteiger partial charge on any atom is -0.358 e. The Labute approximate surface area is 108 Å². The van der Waals surface area contributed by atoms with Crippen LogP contribution < -0.4 is 0 Å². The zero-order valence-electron chi connectivity index (χ0n) is 8.23. The van der Waals surface area contributed by atoms with Gasteiger partial charge in [0.05, 0.1) is 0 Å². The van der Waals surface area contributed by atoms with Crippen molar-refractivity contribution < 1.29 is 32.7 Å². The topological polar surface area (TPSA) is 54.5 Å². The molecule has 5 heteroatoms. The number of benzene rings is 1. The largest absolute Gasteiger partial charge is 0.358 e. The van der Waals surface area contributed by atoms with E-state index >= 15 is 0 Å². The van der Waals surface area contributed by atoms with Crippen molar-refractivity contribution in [1.29, 1.82) is 0 Å². The van der Waals surface area contributed by atoms with Gasteiger partial charge in [-0.05, 0) is 17.7 Å². The van der Waals surface area contributed by atoms with Crippen LogP contribution in [-0.2, 0) is 32.7 Å². The number of hydrogen-bond donors (Lipinski definition) is 1. The second-order valence-corrected chi connectivity index (χ2v) is 2.55. The van der Waals surface area contributed by atoms with Gasteiger partial charge in [0.2, 0.25) is 5.82 Å². The zero-order chi connectivity index (χ0) is 8.39. The van der Waals surface area contributed by atoms with E-state index in [0.29, 0.717) is 5.82 Å². The molecule has 0 fully saturated rings. The van der Waals surface area contributed by atoms with Crippen LogP contribution in [0.4, 0.5) is 0 Å². The summed E-state index contributed by atoms with van der Waals surface area (Å²) in [7, 11) is 0. The number of aromatic amines is 1. The van der Waals surface area contributed by atoms with E-state index in [1.807, 2.05) is 31.2 Å². The molecular formula is C9H11N4Y-. The standard InChI is InChI=1S/C8H8N4.CH3.Y/c1-6-4-2-3-5-7(6)8-9-11-12-10-8;;/h2-5H,1H3,(H,9,10,11,12);1H3;/q;-1;. The number of tetrazole rings is 1. The van der Waals surface area contributed by atoms with Gasteiger partial charge in [-0.1, -0.05) is 24.3 Å². The van der Waals surface area contributed by atoms with Crippen LogP contribution >= 0.6 is 0 Å². The number of hydrogen-bond acceptors (Lipinski definition) is 3. The van der Waals surface area contributed by atoms with Crippen LogP contribution in [0.3, 0.4) is 0 Å². The maximum atomic E-state index is 3.90. The third kappa shape index (κ3) is 2.69. The summed E-state index contributed by atoms with van der Waals surface area (Å²) in [6.07, 6.45) is 0. The summed E-state index contributed by atoms with van der Waals surface area (Å²) in [6.45, 7) is 2.02. The molecule has 1 heterocycles. The minimum absolute atomic E-state index is 0. The summed E-state index contributed by atoms with van der Waals surface area (Å²) < 4.78 is 0. The maximum Gasteiger partial charge on any atom is 0.204 e. The summed E-state index contributed by atoms with van der Waals surface area (Å²) in [6, 6.07) is 7.93. The first-order chi connectivity index (χ1) is 5.88. The van der Waals surface area contributed by atoms with Gasteiger partial charge in [-0.15, -0.1) is 10.2 Å². The second kappa shape index (κ2) is 5.99. The predicted octanol–water partition coefficient (Wildman–Crippen LogP) is 1.62. The molecule has 0 spiro atoms. The van der Waals surface area contributed by atoms with Gasteiger partial charge in [0.1, 0.15) is 0 Å². The van der Waals surface area contributed by atoms with E-state index in [1.54, 1.807) is 0 Å². The monoisotopic (exact) mass is 264 g/mol. The molecule has 1 radical (unpaired) electrons. The van der Waals surface area contributed by atoms with Crippen LogP contribution in [0.5, 0.6) is 0 Å². The molecule has 0 bridgehead atoms. The molecule has 4 nitrogen and oxygen atoms in total. The second-order valence-electron chi connectivity index (χ2n) is 2.55. The Morgan fingerprint density at radius 1 is 1.21 bits per heavy atom. The van der Waals surface area contributed by atoms with E-state index in [9.17, 15) is 0 Å². The van der Waals surface area contributed by atoms with Crippen molar-refractivity contribution in [2.24, 2.45) is 0 Å². The molecule has 2 rings (SSSR count). The van der Waals surface area contributed by atoms with Crippen LogP contribution in [0, 0.1) is 14.4 Å². The average Bonchev–Trinajstić information content (AvgIpc) is 2.57. The van der Waals surface area contributed by atoms with Gasteiger partial charge in [0, 0.05) is 38.3 Å². The van der Waals surface area contributed by atoms with Crippen LogP contribution in [0.25, 0.3) is 11.4 Å². The zero-order valence-corrected chi connectivity index (χ0v) is 11.1. The minimum atomic E-state index is 0. The van der Waals surface area contributed by atoms with E-state index < -0.39 is 0 Å². The van der Waals surface area contributed by atoms with Gasteiger partial charge in [0.15, 0.2) is 0 Å². The van der Waals surface area contributed by atoms with Crippen molar-refractivity contribution in [2.75, 3.05) is 0 Å². The molecule has 0 saturated carbocycles. The van der Waals surface area contributed by atoms with Crippen molar-refractivity contribution >= 4 is 0 Å². The summed E-state index contributed by atoms with van der Waals surface area (Å²) in [5.74, 6) is 0.646. The van der Waals surface area contributed by atoms with Crippen molar-refractivity contribution in [1.82, 2.24) is 20.6 Å². The Bertz CT molecular complexity index is 372. The van der Waals surface area contributed by atoms with E-state index in [1.165, 1.54) is 0 Å². The Morgan fingerprint density at radius 2 is 1.93 bits per heavy atom. The fraction of sp³-hybridized carbons (Fsp3) is 0.111. The first kappa shape index (κ1) is 13.4. The fourth-order valence-corrected chi connectivity index (χ4v) is 1.10. The first-order valence-electron chi connectivity index (χ1n) is 3.67. The van der Waals surface area contributed by atoms with E-state index in [-0.39, 0.29) is 40.1 Å². The summed E-state index contributed by atoms with van der Waals surface area (Å²) >= 11 is 0. The number of aryl methyl sites for hydroxylation is 1. The van der Waals surface area contributed by atoms with Gasteiger partial charge in [-0.3, -0.25) is 0 Å². The fourth-order valence-electron chi connectivity index (χ4n) is 1.10. The molecule has 1 aromatic carbocycles. The molecule has 0 aliphatic carbocycles. The average molecular weight is 264 g/mol. The van der Waals surface area contributed by atoms with Gasteiger partial charge >= 0.3 is 0 Å². The number of nitrogens with one attached hydrogen (secondary N) is 1. The third-order valence-electron chi connectivity index (χ3n) is 1.73. The number of rotatable bonds is 1. The van der Waals surface area contributed by atoms with Gasteiger partial charge in [-0.25, -0.2) is 0 Å². The van der Waals surface area contributed by atoms with Crippen molar-refractivity contribution in [3.63, 3.8) is 0 Å². The number of H-pyrrole nitrogens is 1. The molecule has 0 unspecified atom stereocenters. The Hall–Kier alpha value is -0.606. The quantitative estimate of drug-likeness (QED) is 0.796. The molecular weight excluding hydrogens is 253 g/mol. The predicted molar refractivity (Wildman–Crippen MR) is 50.8 cm³/mol. The van der Waals surface area contributed by atoms with Crippen LogP contribution in [0.15, 0.2) is 24.3 Å². The molecule has 2 aromatic rings. The van der Waals surface area contributed by atoms with Crippen molar-refractivity contribution in [3.8, 4) is 11.4 Å². The molecule has 1 N–H and O–H groups in total. The van der Waals surface area contributed by atoms with E-state index in [0.717, 1.165) is 11.1 Å². The van der Waals surface area contributed by atoms with Crippen molar-refractivity contribution in [2.45, 2.75) is 6.92 Å². The molecule has 71 valence electrons. The SMILES string of the molecule is Cc1ccccc1-c1nn[nH]n1.[CH3-].[Y].